The molecule has 0 aliphatic heterocycles. The maximum atomic E-state index is 4.02. The molecule has 0 saturated carbocycles. The Bertz CT molecular complexity index is 139. The smallest absolute Gasteiger partial charge is 0.0498 e. The molecule has 0 aromatic carbocycles. The molecule has 2 nitrogen and oxygen atoms in total. The van der Waals surface area contributed by atoms with Crippen molar-refractivity contribution >= 4 is 46.6 Å². The molecule has 0 N–H and O–H groups in total. The van der Waals surface area contributed by atoms with Gasteiger partial charge in [-0.15, -0.1) is 24.0 Å². The number of aryl methyl sites for hydroxylation is 1. The molecule has 0 radical (unpaired) electrons. The van der Waals surface area contributed by atoms with Gasteiger partial charge >= 0.3 is 0 Å². The average Bonchev–Trinajstić information content (AvgIpc) is 2.19. The Morgan fingerprint density at radius 2 is 2.33 bits per heavy atom. The zero-order valence-electron chi connectivity index (χ0n) is 4.83. The SMILES string of the molecule is I.ICCn1cccn1. The molecule has 0 unspecified atom stereocenters. The van der Waals surface area contributed by atoms with Crippen LogP contribution in [0.4, 0.5) is 0 Å². The van der Waals surface area contributed by atoms with Crippen LogP contribution in [0.2, 0.25) is 0 Å². The third-order valence-corrected chi connectivity index (χ3v) is 1.36. The lowest BCUT2D eigenvalue weighted by Crippen LogP contribution is -1.97. The number of hydrogen-bond acceptors (Lipinski definition) is 1. The molecule has 0 bridgehead atoms. The van der Waals surface area contributed by atoms with Gasteiger partial charge in [-0.3, -0.25) is 4.68 Å². The first-order chi connectivity index (χ1) is 3.93. The lowest BCUT2D eigenvalue weighted by Gasteiger charge is -1.91. The van der Waals surface area contributed by atoms with E-state index >= 15 is 0 Å². The zero-order valence-corrected chi connectivity index (χ0v) is 9.31. The lowest BCUT2D eigenvalue weighted by atomic mass is 10.7. The summed E-state index contributed by atoms with van der Waals surface area (Å²) in [5.41, 5.74) is 0. The van der Waals surface area contributed by atoms with Crippen molar-refractivity contribution in [1.29, 1.82) is 0 Å². The van der Waals surface area contributed by atoms with Gasteiger partial charge in [0, 0.05) is 23.4 Å². The van der Waals surface area contributed by atoms with Crippen LogP contribution >= 0.6 is 46.6 Å². The van der Waals surface area contributed by atoms with Gasteiger partial charge in [0.25, 0.3) is 0 Å². The Balaban J connectivity index is 0.000000640. The Hall–Kier alpha value is 0.670. The Morgan fingerprint density at radius 3 is 2.78 bits per heavy atom. The van der Waals surface area contributed by atoms with Gasteiger partial charge in [0.1, 0.15) is 0 Å². The van der Waals surface area contributed by atoms with Crippen molar-refractivity contribution in [2.45, 2.75) is 6.54 Å². The van der Waals surface area contributed by atoms with Crippen molar-refractivity contribution in [2.24, 2.45) is 0 Å². The van der Waals surface area contributed by atoms with E-state index in [2.05, 4.69) is 27.7 Å². The monoisotopic (exact) mass is 350 g/mol. The van der Waals surface area contributed by atoms with Crippen LogP contribution in [0.3, 0.4) is 0 Å². The number of hydrogen-bond donors (Lipinski definition) is 0. The third-order valence-electron chi connectivity index (χ3n) is 0.873. The van der Waals surface area contributed by atoms with Gasteiger partial charge in [-0.2, -0.15) is 5.10 Å². The molecule has 1 aromatic rings. The van der Waals surface area contributed by atoms with Crippen molar-refractivity contribution in [1.82, 2.24) is 9.78 Å². The van der Waals surface area contributed by atoms with Gasteiger partial charge < -0.3 is 0 Å². The summed E-state index contributed by atoms with van der Waals surface area (Å²) in [6, 6.07) is 1.94. The molecule has 0 aliphatic carbocycles. The summed E-state index contributed by atoms with van der Waals surface area (Å²) >= 11 is 2.33. The summed E-state index contributed by atoms with van der Waals surface area (Å²) in [4.78, 5) is 0. The van der Waals surface area contributed by atoms with Crippen molar-refractivity contribution in [3.8, 4) is 0 Å². The number of alkyl halides is 1. The van der Waals surface area contributed by atoms with Gasteiger partial charge in [-0.25, -0.2) is 0 Å². The first-order valence-electron chi connectivity index (χ1n) is 2.47. The largest absolute Gasteiger partial charge is 0.272 e. The molecule has 0 saturated heterocycles. The number of rotatable bonds is 2. The fourth-order valence-corrected chi connectivity index (χ4v) is 1.01. The summed E-state index contributed by atoms with van der Waals surface area (Å²) in [6.45, 7) is 1.02. The lowest BCUT2D eigenvalue weighted by molar-refractivity contribution is 0.672. The van der Waals surface area contributed by atoms with E-state index in [1.54, 1.807) is 6.20 Å². The first-order valence-corrected chi connectivity index (χ1v) is 3.99. The van der Waals surface area contributed by atoms with Crippen molar-refractivity contribution < 1.29 is 0 Å². The fraction of sp³-hybridized carbons (Fsp3) is 0.400. The number of halogens is 2. The molecule has 52 valence electrons. The van der Waals surface area contributed by atoms with Crippen LogP contribution in [0.15, 0.2) is 18.5 Å². The van der Waals surface area contributed by atoms with Crippen molar-refractivity contribution in [2.75, 3.05) is 4.43 Å². The van der Waals surface area contributed by atoms with E-state index in [0.29, 0.717) is 0 Å². The number of nitrogens with zero attached hydrogens (tertiary/aromatic N) is 2. The topological polar surface area (TPSA) is 17.8 Å². The van der Waals surface area contributed by atoms with Gasteiger partial charge in [-0.1, -0.05) is 22.6 Å². The van der Waals surface area contributed by atoms with Gasteiger partial charge in [0.2, 0.25) is 0 Å². The minimum absolute atomic E-state index is 0. The summed E-state index contributed by atoms with van der Waals surface area (Å²) in [5, 5.41) is 4.02. The second kappa shape index (κ2) is 5.45. The van der Waals surface area contributed by atoms with Crippen LogP contribution in [0.25, 0.3) is 0 Å². The Kier molecular flexibility index (Phi) is 5.86. The number of aromatic nitrogens is 2. The summed E-state index contributed by atoms with van der Waals surface area (Å²) < 4.78 is 3.05. The van der Waals surface area contributed by atoms with E-state index in [1.807, 2.05) is 16.9 Å². The molecule has 0 aliphatic rings. The fourth-order valence-electron chi connectivity index (χ4n) is 0.519. The molecule has 0 amide bonds. The summed E-state index contributed by atoms with van der Waals surface area (Å²) in [5.74, 6) is 0. The molecule has 0 spiro atoms. The Labute approximate surface area is 85.2 Å². The van der Waals surface area contributed by atoms with Crippen molar-refractivity contribution in [3.63, 3.8) is 0 Å². The molecule has 4 heteroatoms. The van der Waals surface area contributed by atoms with Gasteiger partial charge in [-0.05, 0) is 6.07 Å². The normalized spacial score (nSPS) is 8.56. The maximum absolute atomic E-state index is 4.02. The van der Waals surface area contributed by atoms with Crippen LogP contribution in [0.1, 0.15) is 0 Å². The minimum atomic E-state index is 0. The molecule has 1 rings (SSSR count). The minimum Gasteiger partial charge on any atom is -0.272 e. The molecule has 0 fully saturated rings. The van der Waals surface area contributed by atoms with Crippen LogP contribution in [0.5, 0.6) is 0 Å². The predicted molar refractivity (Wildman–Crippen MR) is 56.5 cm³/mol. The maximum Gasteiger partial charge on any atom is 0.0498 e. The highest BCUT2D eigenvalue weighted by molar-refractivity contribution is 14.1. The van der Waals surface area contributed by atoms with E-state index in [0.717, 1.165) is 11.0 Å². The van der Waals surface area contributed by atoms with E-state index in [9.17, 15) is 0 Å². The standard InChI is InChI=1S/C5H7IN2.HI/c6-2-5-8-4-1-3-7-8;/h1,3-4H,2,5H2;1H. The molecule has 1 heterocycles. The highest BCUT2D eigenvalue weighted by atomic mass is 127. The highest BCUT2D eigenvalue weighted by Crippen LogP contribution is 1.87. The van der Waals surface area contributed by atoms with Crippen LogP contribution in [-0.4, -0.2) is 14.2 Å². The van der Waals surface area contributed by atoms with E-state index in [1.165, 1.54) is 0 Å². The van der Waals surface area contributed by atoms with E-state index in [4.69, 9.17) is 0 Å². The average molecular weight is 350 g/mol. The van der Waals surface area contributed by atoms with Gasteiger partial charge in [0.05, 0.1) is 0 Å². The quantitative estimate of drug-likeness (QED) is 0.589. The molecular weight excluding hydrogens is 342 g/mol. The zero-order chi connectivity index (χ0) is 5.82. The predicted octanol–water partition coefficient (Wildman–Crippen LogP) is 1.94. The molecule has 9 heavy (non-hydrogen) atoms. The third kappa shape index (κ3) is 3.39. The molecule has 1 aromatic heterocycles. The van der Waals surface area contributed by atoms with Crippen LogP contribution in [0, 0.1) is 0 Å². The molecule has 0 atom stereocenters. The Morgan fingerprint density at radius 1 is 1.56 bits per heavy atom. The second-order valence-electron chi connectivity index (χ2n) is 1.46. The van der Waals surface area contributed by atoms with Crippen LogP contribution < -0.4 is 0 Å². The van der Waals surface area contributed by atoms with Gasteiger partial charge in [0.15, 0.2) is 0 Å². The second-order valence-corrected chi connectivity index (χ2v) is 2.54. The molecular formula is C5H8I2N2. The van der Waals surface area contributed by atoms with Crippen molar-refractivity contribution in [3.05, 3.63) is 18.5 Å². The van der Waals surface area contributed by atoms with E-state index < -0.39 is 0 Å². The summed E-state index contributed by atoms with van der Waals surface area (Å²) in [7, 11) is 0. The van der Waals surface area contributed by atoms with E-state index in [-0.39, 0.29) is 24.0 Å². The summed E-state index contributed by atoms with van der Waals surface area (Å²) in [6.07, 6.45) is 3.77. The first kappa shape index (κ1) is 9.67. The van der Waals surface area contributed by atoms with Crippen LogP contribution in [-0.2, 0) is 6.54 Å². The highest BCUT2D eigenvalue weighted by Gasteiger charge is 1.83.